The molecule has 0 saturated carbocycles. The zero-order chi connectivity index (χ0) is 26.4. The van der Waals surface area contributed by atoms with E-state index in [1.165, 1.54) is 51.4 Å². The van der Waals surface area contributed by atoms with Crippen molar-refractivity contribution in [3.8, 4) is 0 Å². The minimum Gasteiger partial charge on any atom is -0.462 e. The van der Waals surface area contributed by atoms with Crippen LogP contribution >= 0.6 is 0 Å². The van der Waals surface area contributed by atoms with Crippen molar-refractivity contribution >= 4 is 11.9 Å². The molecular formula is C32H54O4. The van der Waals surface area contributed by atoms with Crippen LogP contribution in [0, 0.1) is 11.8 Å². The van der Waals surface area contributed by atoms with Crippen molar-refractivity contribution in [1.29, 1.82) is 0 Å². The van der Waals surface area contributed by atoms with Crippen LogP contribution < -0.4 is 0 Å². The smallest absolute Gasteiger partial charge is 0.339 e. The highest BCUT2D eigenvalue weighted by Gasteiger charge is 2.21. The van der Waals surface area contributed by atoms with E-state index >= 15 is 0 Å². The topological polar surface area (TPSA) is 52.6 Å². The van der Waals surface area contributed by atoms with E-state index in [2.05, 4.69) is 27.7 Å². The van der Waals surface area contributed by atoms with E-state index in [1.807, 2.05) is 0 Å². The lowest BCUT2D eigenvalue weighted by atomic mass is 9.96. The Bertz CT molecular complexity index is 640. The molecule has 0 saturated heterocycles. The predicted molar refractivity (Wildman–Crippen MR) is 151 cm³/mol. The quantitative estimate of drug-likeness (QED) is 0.117. The molecule has 1 aromatic rings. The first kappa shape index (κ1) is 32.2. The Morgan fingerprint density at radius 1 is 0.556 bits per heavy atom. The third-order valence-corrected chi connectivity index (χ3v) is 7.13. The summed E-state index contributed by atoms with van der Waals surface area (Å²) in [7, 11) is 0. The van der Waals surface area contributed by atoms with E-state index in [1.54, 1.807) is 24.3 Å². The minimum absolute atomic E-state index is 0.316. The zero-order valence-corrected chi connectivity index (χ0v) is 23.8. The van der Waals surface area contributed by atoms with E-state index in [4.69, 9.17) is 9.47 Å². The van der Waals surface area contributed by atoms with Crippen LogP contribution in [0.25, 0.3) is 0 Å². The summed E-state index contributed by atoms with van der Waals surface area (Å²) in [6.45, 7) is 9.67. The van der Waals surface area contributed by atoms with Crippen molar-refractivity contribution in [2.45, 2.75) is 130 Å². The number of carbonyl (C=O) groups excluding carboxylic acids is 2. The highest BCUT2D eigenvalue weighted by Crippen LogP contribution is 2.21. The van der Waals surface area contributed by atoms with Crippen LogP contribution in [-0.4, -0.2) is 25.2 Å². The Hall–Kier alpha value is -1.84. The highest BCUT2D eigenvalue weighted by molar-refractivity contribution is 6.03. The van der Waals surface area contributed by atoms with Crippen LogP contribution in [-0.2, 0) is 9.47 Å². The van der Waals surface area contributed by atoms with Gasteiger partial charge in [-0.05, 0) is 49.7 Å². The normalized spacial score (nSPS) is 12.8. The molecule has 0 amide bonds. The fourth-order valence-electron chi connectivity index (χ4n) is 4.71. The number of carbonyl (C=O) groups is 2. The molecule has 1 rings (SSSR count). The lowest BCUT2D eigenvalue weighted by molar-refractivity contribution is 0.0376. The highest BCUT2D eigenvalue weighted by atomic mass is 16.5. The van der Waals surface area contributed by atoms with Crippen molar-refractivity contribution in [3.63, 3.8) is 0 Å². The van der Waals surface area contributed by atoms with Gasteiger partial charge in [0.05, 0.1) is 24.3 Å². The molecule has 0 fully saturated rings. The van der Waals surface area contributed by atoms with Crippen molar-refractivity contribution in [3.05, 3.63) is 35.4 Å². The van der Waals surface area contributed by atoms with Crippen LogP contribution in [0.4, 0.5) is 0 Å². The van der Waals surface area contributed by atoms with E-state index in [0.717, 1.165) is 51.4 Å². The number of benzene rings is 1. The standard InChI is InChI=1S/C32H54O4/c1-5-9-13-15-21-27(19-11-7-3)25-35-31(33)29-23-17-18-24-30(29)32(34)36-26-28(20-12-8-4)22-16-14-10-6-2/h17-18,23-24,27-28H,5-16,19-22,25-26H2,1-4H3. The minimum atomic E-state index is -0.417. The molecule has 0 radical (unpaired) electrons. The lowest BCUT2D eigenvalue weighted by Crippen LogP contribution is -2.19. The largest absolute Gasteiger partial charge is 0.462 e. The number of rotatable bonds is 22. The molecule has 0 N–H and O–H groups in total. The van der Waals surface area contributed by atoms with Gasteiger partial charge in [-0.25, -0.2) is 9.59 Å². The van der Waals surface area contributed by atoms with Crippen LogP contribution in [0.15, 0.2) is 24.3 Å². The van der Waals surface area contributed by atoms with Gasteiger partial charge in [0.1, 0.15) is 0 Å². The van der Waals surface area contributed by atoms with Crippen LogP contribution in [0.1, 0.15) is 151 Å². The summed E-state index contributed by atoms with van der Waals surface area (Å²) in [5, 5.41) is 0. The van der Waals surface area contributed by atoms with Gasteiger partial charge in [0.2, 0.25) is 0 Å². The Balaban J connectivity index is 2.70. The monoisotopic (exact) mass is 502 g/mol. The average Bonchev–Trinajstić information content (AvgIpc) is 2.90. The maximum Gasteiger partial charge on any atom is 0.339 e. The van der Waals surface area contributed by atoms with E-state index in [9.17, 15) is 9.59 Å². The third-order valence-electron chi connectivity index (χ3n) is 7.13. The number of ether oxygens (including phenoxy) is 2. The molecule has 0 spiro atoms. The molecule has 4 nitrogen and oxygen atoms in total. The predicted octanol–water partition coefficient (Wildman–Crippen LogP) is 9.55. The van der Waals surface area contributed by atoms with E-state index < -0.39 is 11.9 Å². The summed E-state index contributed by atoms with van der Waals surface area (Å²) >= 11 is 0. The van der Waals surface area contributed by atoms with Gasteiger partial charge in [-0.2, -0.15) is 0 Å². The molecule has 2 unspecified atom stereocenters. The summed E-state index contributed by atoms with van der Waals surface area (Å²) in [5.41, 5.74) is 0.631. The SMILES string of the molecule is CCCCCCC(CCCC)COC(=O)c1ccccc1C(=O)OCC(CCCC)CCCCCC. The summed E-state index contributed by atoms with van der Waals surface area (Å²) in [6.07, 6.45) is 18.7. The molecule has 1 aromatic carbocycles. The van der Waals surface area contributed by atoms with Gasteiger partial charge in [0.25, 0.3) is 0 Å². The summed E-state index contributed by atoms with van der Waals surface area (Å²) in [5.74, 6) is -0.0618. The average molecular weight is 503 g/mol. The van der Waals surface area contributed by atoms with Crippen molar-refractivity contribution in [2.24, 2.45) is 11.8 Å². The number of unbranched alkanes of at least 4 members (excludes halogenated alkanes) is 8. The molecular weight excluding hydrogens is 448 g/mol. The Labute approximate surface area is 221 Å². The maximum absolute atomic E-state index is 13.0. The summed E-state index contributed by atoms with van der Waals surface area (Å²) < 4.78 is 11.5. The Morgan fingerprint density at radius 3 is 1.28 bits per heavy atom. The molecule has 36 heavy (non-hydrogen) atoms. The third kappa shape index (κ3) is 14.0. The molecule has 0 aliphatic rings. The van der Waals surface area contributed by atoms with Crippen molar-refractivity contribution in [2.75, 3.05) is 13.2 Å². The Kier molecular flexibility index (Phi) is 19.0. The van der Waals surface area contributed by atoms with Gasteiger partial charge in [-0.15, -0.1) is 0 Å². The first-order valence-electron chi connectivity index (χ1n) is 15.0. The summed E-state index contributed by atoms with van der Waals surface area (Å²) in [4.78, 5) is 26.0. The second-order valence-corrected chi connectivity index (χ2v) is 10.5. The molecule has 2 atom stereocenters. The molecule has 0 aromatic heterocycles. The van der Waals surface area contributed by atoms with Gasteiger partial charge < -0.3 is 9.47 Å². The number of hydrogen-bond acceptors (Lipinski definition) is 4. The molecule has 0 bridgehead atoms. The fraction of sp³-hybridized carbons (Fsp3) is 0.750. The van der Waals surface area contributed by atoms with Crippen LogP contribution in [0.2, 0.25) is 0 Å². The maximum atomic E-state index is 13.0. The second-order valence-electron chi connectivity index (χ2n) is 10.5. The van der Waals surface area contributed by atoms with Gasteiger partial charge in [0.15, 0.2) is 0 Å². The number of esters is 2. The first-order valence-corrected chi connectivity index (χ1v) is 15.0. The second kappa shape index (κ2) is 21.3. The van der Waals surface area contributed by atoms with Crippen LogP contribution in [0.3, 0.4) is 0 Å². The molecule has 4 heteroatoms. The zero-order valence-electron chi connectivity index (χ0n) is 23.8. The molecule has 0 aliphatic heterocycles. The van der Waals surface area contributed by atoms with Gasteiger partial charge in [0, 0.05) is 0 Å². The fourth-order valence-corrected chi connectivity index (χ4v) is 4.71. The van der Waals surface area contributed by atoms with Gasteiger partial charge >= 0.3 is 11.9 Å². The molecule has 0 aliphatic carbocycles. The van der Waals surface area contributed by atoms with Crippen molar-refractivity contribution in [1.82, 2.24) is 0 Å². The van der Waals surface area contributed by atoms with E-state index in [0.29, 0.717) is 36.2 Å². The number of hydrogen-bond donors (Lipinski definition) is 0. The Morgan fingerprint density at radius 2 is 0.917 bits per heavy atom. The summed E-state index contributed by atoms with van der Waals surface area (Å²) in [6, 6.07) is 6.93. The van der Waals surface area contributed by atoms with Gasteiger partial charge in [-0.3, -0.25) is 0 Å². The molecule has 0 heterocycles. The van der Waals surface area contributed by atoms with Gasteiger partial charge in [-0.1, -0.05) is 117 Å². The van der Waals surface area contributed by atoms with E-state index in [-0.39, 0.29) is 0 Å². The first-order chi connectivity index (χ1) is 17.6. The lowest BCUT2D eigenvalue weighted by Gasteiger charge is -2.18. The van der Waals surface area contributed by atoms with Crippen molar-refractivity contribution < 1.29 is 19.1 Å². The van der Waals surface area contributed by atoms with Crippen LogP contribution in [0.5, 0.6) is 0 Å². The molecule has 206 valence electrons.